The van der Waals surface area contributed by atoms with Crippen LogP contribution < -0.4 is 16.0 Å². The maximum atomic E-state index is 11.7. The topological polar surface area (TPSA) is 65.5 Å². The van der Waals surface area contributed by atoms with Crippen LogP contribution in [0.4, 0.5) is 0 Å². The van der Waals surface area contributed by atoms with Crippen LogP contribution >= 0.6 is 11.8 Å². The van der Waals surface area contributed by atoms with Gasteiger partial charge in [0.15, 0.2) is 5.96 Å². The number of hydrogen-bond acceptors (Lipinski definition) is 3. The van der Waals surface area contributed by atoms with Gasteiger partial charge >= 0.3 is 0 Å². The van der Waals surface area contributed by atoms with Crippen molar-refractivity contribution in [3.05, 3.63) is 35.4 Å². The number of carbonyl (C=O) groups is 1. The first-order valence-corrected chi connectivity index (χ1v) is 9.52. The third-order valence-electron chi connectivity index (χ3n) is 4.11. The maximum Gasteiger partial charge on any atom is 0.251 e. The molecule has 0 saturated carbocycles. The second-order valence-corrected chi connectivity index (χ2v) is 7.91. The molecule has 24 heavy (non-hydrogen) atoms. The fraction of sp³-hybridized carbons (Fsp3) is 0.556. The molecular weight excluding hydrogens is 320 g/mol. The summed E-state index contributed by atoms with van der Waals surface area (Å²) in [5.74, 6) is 2.01. The Kier molecular flexibility index (Phi) is 6.97. The zero-order chi connectivity index (χ0) is 17.4. The van der Waals surface area contributed by atoms with Crippen LogP contribution in [0.15, 0.2) is 29.3 Å². The minimum absolute atomic E-state index is 0.0722. The van der Waals surface area contributed by atoms with E-state index in [1.165, 1.54) is 18.6 Å². The summed E-state index contributed by atoms with van der Waals surface area (Å²) >= 11 is 2.04. The minimum Gasteiger partial charge on any atom is -0.357 e. The van der Waals surface area contributed by atoms with Crippen LogP contribution in [0, 0.1) is 0 Å². The maximum absolute atomic E-state index is 11.7. The minimum atomic E-state index is -0.0722. The van der Waals surface area contributed by atoms with E-state index < -0.39 is 0 Å². The second kappa shape index (κ2) is 8.97. The van der Waals surface area contributed by atoms with Gasteiger partial charge in [0.25, 0.3) is 5.91 Å². The first-order chi connectivity index (χ1) is 11.6. The summed E-state index contributed by atoms with van der Waals surface area (Å²) in [4.78, 5) is 16.4. The number of rotatable bonds is 6. The van der Waals surface area contributed by atoms with Crippen LogP contribution in [-0.4, -0.2) is 42.5 Å². The van der Waals surface area contributed by atoms with Crippen molar-refractivity contribution in [2.24, 2.45) is 4.99 Å². The van der Waals surface area contributed by atoms with Gasteiger partial charge in [0, 0.05) is 30.4 Å². The molecule has 5 nitrogen and oxygen atoms in total. The number of carbonyl (C=O) groups excluding carboxylic acids is 1. The number of benzene rings is 1. The van der Waals surface area contributed by atoms with Gasteiger partial charge in [-0.15, -0.1) is 0 Å². The summed E-state index contributed by atoms with van der Waals surface area (Å²) in [6.45, 7) is 6.67. The van der Waals surface area contributed by atoms with E-state index >= 15 is 0 Å². The molecule has 0 radical (unpaired) electrons. The molecule has 2 rings (SSSR count). The largest absolute Gasteiger partial charge is 0.357 e. The predicted octanol–water partition coefficient (Wildman–Crippen LogP) is 2.39. The lowest BCUT2D eigenvalue weighted by molar-refractivity contribution is 0.0963. The fourth-order valence-corrected chi connectivity index (χ4v) is 3.96. The van der Waals surface area contributed by atoms with Crippen molar-refractivity contribution in [2.75, 3.05) is 25.9 Å². The average Bonchev–Trinajstić information content (AvgIpc) is 3.04. The molecule has 1 atom stereocenters. The van der Waals surface area contributed by atoms with Gasteiger partial charge < -0.3 is 16.0 Å². The number of hydrogen-bond donors (Lipinski definition) is 3. The molecule has 1 amide bonds. The van der Waals surface area contributed by atoms with E-state index in [1.54, 1.807) is 7.05 Å². The summed E-state index contributed by atoms with van der Waals surface area (Å²) in [6.07, 6.45) is 2.54. The standard InChI is InChI=1S/C18H28N4OS/c1-4-20-17(22-13-18(2)9-6-10-24-18)21-12-14-7-5-8-15(11-14)16(23)19-3/h5,7-8,11H,4,6,9-10,12-13H2,1-3H3,(H,19,23)(H2,20,21,22). The monoisotopic (exact) mass is 348 g/mol. The van der Waals surface area contributed by atoms with Crippen LogP contribution in [-0.2, 0) is 6.54 Å². The zero-order valence-corrected chi connectivity index (χ0v) is 15.6. The number of nitrogens with one attached hydrogen (secondary N) is 3. The van der Waals surface area contributed by atoms with Crippen molar-refractivity contribution in [1.29, 1.82) is 0 Å². The normalized spacial score (nSPS) is 20.7. The highest BCUT2D eigenvalue weighted by Crippen LogP contribution is 2.36. The summed E-state index contributed by atoms with van der Waals surface area (Å²) < 4.78 is 0.301. The highest BCUT2D eigenvalue weighted by atomic mass is 32.2. The molecule has 1 aliphatic heterocycles. The van der Waals surface area contributed by atoms with Crippen molar-refractivity contribution in [2.45, 2.75) is 38.0 Å². The van der Waals surface area contributed by atoms with Gasteiger partial charge in [-0.1, -0.05) is 12.1 Å². The lowest BCUT2D eigenvalue weighted by Crippen LogP contribution is -2.43. The number of aliphatic imine (C=N–C) groups is 1. The summed E-state index contributed by atoms with van der Waals surface area (Å²) in [5.41, 5.74) is 1.69. The molecule has 0 bridgehead atoms. The molecule has 1 fully saturated rings. The molecule has 132 valence electrons. The third kappa shape index (κ3) is 5.44. The molecule has 1 aliphatic rings. The summed E-state index contributed by atoms with van der Waals surface area (Å²) in [5, 5.41) is 9.40. The Bertz CT molecular complexity index is 582. The summed E-state index contributed by atoms with van der Waals surface area (Å²) in [6, 6.07) is 7.59. The van der Waals surface area contributed by atoms with Crippen LogP contribution in [0.1, 0.15) is 42.6 Å². The van der Waals surface area contributed by atoms with Gasteiger partial charge in [-0.05, 0) is 50.1 Å². The van der Waals surface area contributed by atoms with Gasteiger partial charge in [0.1, 0.15) is 0 Å². The molecule has 1 saturated heterocycles. The van der Waals surface area contributed by atoms with Gasteiger partial charge in [0.05, 0.1) is 6.54 Å². The van der Waals surface area contributed by atoms with Gasteiger partial charge in [-0.2, -0.15) is 11.8 Å². The number of amides is 1. The Morgan fingerprint density at radius 1 is 1.38 bits per heavy atom. The molecule has 1 aromatic carbocycles. The van der Waals surface area contributed by atoms with Crippen LogP contribution in [0.3, 0.4) is 0 Å². The molecule has 0 aromatic heterocycles. The van der Waals surface area contributed by atoms with E-state index in [9.17, 15) is 4.79 Å². The third-order valence-corrected chi connectivity index (χ3v) is 5.65. The van der Waals surface area contributed by atoms with Crippen molar-refractivity contribution in [3.63, 3.8) is 0 Å². The number of guanidine groups is 1. The SMILES string of the molecule is CCNC(=NCc1cccc(C(=O)NC)c1)NCC1(C)CCCS1. The quantitative estimate of drug-likeness (QED) is 0.545. The lowest BCUT2D eigenvalue weighted by Gasteiger charge is -2.24. The van der Waals surface area contributed by atoms with Crippen molar-refractivity contribution < 1.29 is 4.79 Å². The zero-order valence-electron chi connectivity index (χ0n) is 14.8. The highest BCUT2D eigenvalue weighted by Gasteiger charge is 2.29. The number of thioether (sulfide) groups is 1. The van der Waals surface area contributed by atoms with E-state index in [0.717, 1.165) is 24.6 Å². The second-order valence-electron chi connectivity index (χ2n) is 6.23. The lowest BCUT2D eigenvalue weighted by atomic mass is 10.1. The molecule has 1 unspecified atom stereocenters. The van der Waals surface area contributed by atoms with Crippen LogP contribution in [0.2, 0.25) is 0 Å². The van der Waals surface area contributed by atoms with E-state index in [-0.39, 0.29) is 5.91 Å². The van der Waals surface area contributed by atoms with E-state index in [4.69, 9.17) is 0 Å². The molecular formula is C18H28N4OS. The van der Waals surface area contributed by atoms with Gasteiger partial charge in [-0.3, -0.25) is 4.79 Å². The molecule has 1 aromatic rings. The average molecular weight is 349 g/mol. The molecule has 0 spiro atoms. The smallest absolute Gasteiger partial charge is 0.251 e. The molecule has 1 heterocycles. The fourth-order valence-electron chi connectivity index (χ4n) is 2.71. The molecule has 3 N–H and O–H groups in total. The first kappa shape index (κ1) is 18.6. The molecule has 6 heteroatoms. The summed E-state index contributed by atoms with van der Waals surface area (Å²) in [7, 11) is 1.64. The van der Waals surface area contributed by atoms with Crippen molar-refractivity contribution >= 4 is 23.6 Å². The van der Waals surface area contributed by atoms with E-state index in [0.29, 0.717) is 16.9 Å². The van der Waals surface area contributed by atoms with Crippen LogP contribution in [0.25, 0.3) is 0 Å². The van der Waals surface area contributed by atoms with E-state index in [1.807, 2.05) is 36.0 Å². The highest BCUT2D eigenvalue weighted by molar-refractivity contribution is 8.00. The first-order valence-electron chi connectivity index (χ1n) is 8.53. The van der Waals surface area contributed by atoms with Gasteiger partial charge in [-0.25, -0.2) is 4.99 Å². The molecule has 0 aliphatic carbocycles. The predicted molar refractivity (Wildman–Crippen MR) is 103 cm³/mol. The Morgan fingerprint density at radius 2 is 2.21 bits per heavy atom. The van der Waals surface area contributed by atoms with E-state index in [2.05, 4.69) is 34.8 Å². The Morgan fingerprint density at radius 3 is 2.88 bits per heavy atom. The van der Waals surface area contributed by atoms with Crippen molar-refractivity contribution in [3.8, 4) is 0 Å². The number of nitrogens with zero attached hydrogens (tertiary/aromatic N) is 1. The van der Waals surface area contributed by atoms with Gasteiger partial charge in [0.2, 0.25) is 0 Å². The Balaban J connectivity index is 1.98. The van der Waals surface area contributed by atoms with Crippen molar-refractivity contribution in [1.82, 2.24) is 16.0 Å². The van der Waals surface area contributed by atoms with Crippen LogP contribution in [0.5, 0.6) is 0 Å². The Hall–Kier alpha value is -1.69. The Labute approximate surface area is 149 Å².